The van der Waals surface area contributed by atoms with Crippen molar-refractivity contribution in [2.75, 3.05) is 40.4 Å². The lowest BCUT2D eigenvalue weighted by atomic mass is 9.78. The number of rotatable bonds is 6. The highest BCUT2D eigenvalue weighted by molar-refractivity contribution is 7.91. The van der Waals surface area contributed by atoms with Crippen molar-refractivity contribution in [1.29, 1.82) is 0 Å². The number of nitrogens with zero attached hydrogens (tertiary/aromatic N) is 2. The predicted octanol–water partition coefficient (Wildman–Crippen LogP) is 3.32. The van der Waals surface area contributed by atoms with Gasteiger partial charge in [-0.1, -0.05) is 0 Å². The van der Waals surface area contributed by atoms with Crippen LogP contribution < -0.4 is 4.74 Å². The SMILES string of the molecule is COC(=O)c1csc(S(=O)(=O)N2CCC3(CCN(C(=O)C=Cc4ccsc4)CC3)C2)c1OC. The number of sulfonamides is 1. The van der Waals surface area contributed by atoms with E-state index in [1.54, 1.807) is 17.4 Å². The van der Waals surface area contributed by atoms with Crippen LogP contribution in [0.4, 0.5) is 0 Å². The van der Waals surface area contributed by atoms with Crippen molar-refractivity contribution < 1.29 is 27.5 Å². The maximum atomic E-state index is 13.4. The molecule has 0 radical (unpaired) electrons. The first-order chi connectivity index (χ1) is 15.8. The molecule has 0 aliphatic carbocycles. The van der Waals surface area contributed by atoms with Gasteiger partial charge in [0.2, 0.25) is 5.91 Å². The van der Waals surface area contributed by atoms with Gasteiger partial charge in [-0.3, -0.25) is 4.79 Å². The van der Waals surface area contributed by atoms with Crippen molar-refractivity contribution >= 4 is 50.6 Å². The minimum atomic E-state index is -3.81. The van der Waals surface area contributed by atoms with Crippen LogP contribution in [0.3, 0.4) is 0 Å². The Morgan fingerprint density at radius 3 is 2.48 bits per heavy atom. The van der Waals surface area contributed by atoms with Gasteiger partial charge in [0.05, 0.1) is 14.2 Å². The Morgan fingerprint density at radius 2 is 1.85 bits per heavy atom. The summed E-state index contributed by atoms with van der Waals surface area (Å²) in [5.74, 6) is -0.615. The molecule has 2 aromatic rings. The molecule has 0 N–H and O–H groups in total. The van der Waals surface area contributed by atoms with E-state index in [1.165, 1.54) is 23.9 Å². The van der Waals surface area contributed by atoms with E-state index in [0.29, 0.717) is 26.2 Å². The van der Waals surface area contributed by atoms with Crippen molar-refractivity contribution in [3.63, 3.8) is 0 Å². The first-order valence-corrected chi connectivity index (χ1v) is 13.8. The molecule has 1 spiro atoms. The molecule has 0 saturated carbocycles. The molecule has 0 unspecified atom stereocenters. The number of amides is 1. The minimum absolute atomic E-state index is 0.0165. The lowest BCUT2D eigenvalue weighted by Gasteiger charge is -2.38. The Labute approximate surface area is 201 Å². The third kappa shape index (κ3) is 4.72. The summed E-state index contributed by atoms with van der Waals surface area (Å²) in [5.41, 5.74) is 0.981. The van der Waals surface area contributed by atoms with Crippen LogP contribution in [-0.2, 0) is 19.6 Å². The van der Waals surface area contributed by atoms with Crippen molar-refractivity contribution in [3.05, 3.63) is 39.4 Å². The van der Waals surface area contributed by atoms with Crippen LogP contribution in [0, 0.1) is 5.41 Å². The van der Waals surface area contributed by atoms with Crippen LogP contribution in [0.25, 0.3) is 6.08 Å². The van der Waals surface area contributed by atoms with Gasteiger partial charge in [-0.25, -0.2) is 13.2 Å². The molecular weight excluding hydrogens is 484 g/mol. The predicted molar refractivity (Wildman–Crippen MR) is 127 cm³/mol. The number of piperidine rings is 1. The fourth-order valence-electron chi connectivity index (χ4n) is 4.42. The zero-order valence-corrected chi connectivity index (χ0v) is 20.9. The van der Waals surface area contributed by atoms with Gasteiger partial charge >= 0.3 is 5.97 Å². The molecule has 33 heavy (non-hydrogen) atoms. The molecule has 1 amide bonds. The fraction of sp³-hybridized carbons (Fsp3) is 0.455. The quantitative estimate of drug-likeness (QED) is 0.437. The molecule has 2 aliphatic heterocycles. The molecule has 11 heteroatoms. The summed E-state index contributed by atoms with van der Waals surface area (Å²) in [5, 5.41) is 5.41. The minimum Gasteiger partial charge on any atom is -0.494 e. The zero-order chi connectivity index (χ0) is 23.6. The molecule has 2 aliphatic rings. The Morgan fingerprint density at radius 1 is 1.12 bits per heavy atom. The largest absolute Gasteiger partial charge is 0.494 e. The topological polar surface area (TPSA) is 93.2 Å². The normalized spacial score (nSPS) is 18.8. The summed E-state index contributed by atoms with van der Waals surface area (Å²) in [6.45, 7) is 2.02. The summed E-state index contributed by atoms with van der Waals surface area (Å²) >= 11 is 2.55. The number of ether oxygens (including phenoxy) is 2. The third-order valence-corrected chi connectivity index (χ3v) is 10.4. The van der Waals surface area contributed by atoms with Crippen LogP contribution in [0.15, 0.2) is 32.5 Å². The van der Waals surface area contributed by atoms with E-state index in [-0.39, 0.29) is 26.8 Å². The Hall–Kier alpha value is -2.21. The van der Waals surface area contributed by atoms with E-state index in [4.69, 9.17) is 9.47 Å². The number of hydrogen-bond donors (Lipinski definition) is 0. The molecular formula is C22H26N2O6S3. The smallest absolute Gasteiger partial charge is 0.342 e. The first-order valence-electron chi connectivity index (χ1n) is 10.5. The summed E-state index contributed by atoms with van der Waals surface area (Å²) in [6.07, 6.45) is 5.69. The highest BCUT2D eigenvalue weighted by atomic mass is 32.2. The van der Waals surface area contributed by atoms with Crippen LogP contribution >= 0.6 is 22.7 Å². The average molecular weight is 511 g/mol. The maximum absolute atomic E-state index is 13.4. The lowest BCUT2D eigenvalue weighted by molar-refractivity contribution is -0.128. The van der Waals surface area contributed by atoms with Gasteiger partial charge in [0.15, 0.2) is 9.96 Å². The van der Waals surface area contributed by atoms with Gasteiger partial charge in [0.1, 0.15) is 5.56 Å². The Balaban J connectivity index is 1.42. The molecule has 8 nitrogen and oxygen atoms in total. The second kappa shape index (κ2) is 9.57. The summed E-state index contributed by atoms with van der Waals surface area (Å²) < 4.78 is 38.2. The molecule has 0 atom stereocenters. The van der Waals surface area contributed by atoms with E-state index in [0.717, 1.165) is 36.2 Å². The standard InChI is InChI=1S/C22H26N2O6S3/c1-29-19-17(20(26)30-2)14-32-21(19)33(27,28)24-11-8-22(15-24)6-9-23(10-7-22)18(25)4-3-16-5-12-31-13-16/h3-5,12-14H,6-11,15H2,1-2H3. The van der Waals surface area contributed by atoms with E-state index in [1.807, 2.05) is 27.8 Å². The molecule has 0 bridgehead atoms. The van der Waals surface area contributed by atoms with Crippen molar-refractivity contribution in [2.24, 2.45) is 5.41 Å². The van der Waals surface area contributed by atoms with Crippen molar-refractivity contribution in [3.8, 4) is 5.75 Å². The van der Waals surface area contributed by atoms with Crippen molar-refractivity contribution in [2.45, 2.75) is 23.5 Å². The molecule has 2 saturated heterocycles. The zero-order valence-electron chi connectivity index (χ0n) is 18.5. The van der Waals surface area contributed by atoms with E-state index in [2.05, 4.69) is 0 Å². The van der Waals surface area contributed by atoms with Gasteiger partial charge in [0.25, 0.3) is 10.0 Å². The fourth-order valence-corrected chi connectivity index (χ4v) is 8.16. The Bertz CT molecular complexity index is 1140. The molecule has 2 fully saturated rings. The molecule has 2 aromatic heterocycles. The second-order valence-electron chi connectivity index (χ2n) is 8.27. The van der Waals surface area contributed by atoms with Gasteiger partial charge < -0.3 is 14.4 Å². The number of esters is 1. The van der Waals surface area contributed by atoms with Gasteiger partial charge in [-0.15, -0.1) is 11.3 Å². The second-order valence-corrected chi connectivity index (χ2v) is 12.1. The van der Waals surface area contributed by atoms with Gasteiger partial charge in [0, 0.05) is 37.6 Å². The molecule has 178 valence electrons. The van der Waals surface area contributed by atoms with Crippen LogP contribution in [-0.4, -0.2) is 69.9 Å². The van der Waals surface area contributed by atoms with Gasteiger partial charge in [-0.2, -0.15) is 15.6 Å². The van der Waals surface area contributed by atoms with Crippen molar-refractivity contribution in [1.82, 2.24) is 9.21 Å². The molecule has 0 aromatic carbocycles. The average Bonchev–Trinajstić information content (AvgIpc) is 3.57. The van der Waals surface area contributed by atoms with Crippen LogP contribution in [0.5, 0.6) is 5.75 Å². The molecule has 4 heterocycles. The highest BCUT2D eigenvalue weighted by Crippen LogP contribution is 2.44. The number of hydrogen-bond acceptors (Lipinski definition) is 8. The third-order valence-electron chi connectivity index (χ3n) is 6.40. The van der Waals surface area contributed by atoms with E-state index >= 15 is 0 Å². The Kier molecular flexibility index (Phi) is 6.94. The summed E-state index contributed by atoms with van der Waals surface area (Å²) in [7, 11) is -1.22. The van der Waals surface area contributed by atoms with Crippen LogP contribution in [0.2, 0.25) is 0 Å². The van der Waals surface area contributed by atoms with E-state index in [9.17, 15) is 18.0 Å². The lowest BCUT2D eigenvalue weighted by Crippen LogP contribution is -2.44. The highest BCUT2D eigenvalue weighted by Gasteiger charge is 2.46. The monoisotopic (exact) mass is 510 g/mol. The number of thiophene rings is 2. The van der Waals surface area contributed by atoms with E-state index < -0.39 is 16.0 Å². The number of likely N-dealkylation sites (tertiary alicyclic amines) is 1. The summed E-state index contributed by atoms with van der Waals surface area (Å²) in [4.78, 5) is 26.3. The first kappa shape index (κ1) is 23.9. The molecule has 4 rings (SSSR count). The number of methoxy groups -OCH3 is 2. The van der Waals surface area contributed by atoms with Crippen LogP contribution in [0.1, 0.15) is 35.2 Å². The maximum Gasteiger partial charge on any atom is 0.342 e. The number of carbonyl (C=O) groups excluding carboxylic acids is 2. The van der Waals surface area contributed by atoms with Gasteiger partial charge in [-0.05, 0) is 53.1 Å². The number of carbonyl (C=O) groups is 2. The summed E-state index contributed by atoms with van der Waals surface area (Å²) in [6, 6.07) is 1.96.